The van der Waals surface area contributed by atoms with E-state index < -0.39 is 11.9 Å². The van der Waals surface area contributed by atoms with Crippen molar-refractivity contribution in [2.75, 3.05) is 0 Å². The summed E-state index contributed by atoms with van der Waals surface area (Å²) in [7, 11) is 0. The molecular formula is C12H12FNO3. The number of hydrogen-bond acceptors (Lipinski definition) is 4. The molecule has 1 N–H and O–H groups in total. The van der Waals surface area contributed by atoms with Crippen molar-refractivity contribution in [2.45, 2.75) is 19.6 Å². The summed E-state index contributed by atoms with van der Waals surface area (Å²) in [6.45, 7) is 1.74. The minimum atomic E-state index is -0.796. The molecule has 0 aliphatic rings. The van der Waals surface area contributed by atoms with Crippen LogP contribution in [0.4, 0.5) is 4.39 Å². The molecule has 1 aromatic carbocycles. The van der Waals surface area contributed by atoms with Crippen molar-refractivity contribution >= 4 is 0 Å². The Morgan fingerprint density at radius 1 is 1.47 bits per heavy atom. The van der Waals surface area contributed by atoms with Crippen LogP contribution in [0.15, 0.2) is 35.0 Å². The molecule has 2 rings (SSSR count). The van der Waals surface area contributed by atoms with Gasteiger partial charge in [0.05, 0.1) is 12.3 Å². The predicted octanol–water partition coefficient (Wildman–Crippen LogP) is 2.45. The summed E-state index contributed by atoms with van der Waals surface area (Å²) in [6, 6.07) is 5.68. The highest BCUT2D eigenvalue weighted by atomic mass is 19.1. The molecule has 4 nitrogen and oxygen atoms in total. The minimum Gasteiger partial charge on any atom is -0.485 e. The minimum absolute atomic E-state index is 0.186. The molecule has 0 bridgehead atoms. The Kier molecular flexibility index (Phi) is 3.39. The number of aliphatic hydroxyl groups is 1. The van der Waals surface area contributed by atoms with Gasteiger partial charge in [0.2, 0.25) is 0 Å². The Morgan fingerprint density at radius 2 is 2.29 bits per heavy atom. The molecule has 1 aromatic heterocycles. The SMILES string of the molecule is C[C@H](O)c1cc(F)ccc1OCc1ccno1. The first-order valence-electron chi connectivity index (χ1n) is 5.16. The van der Waals surface area contributed by atoms with Gasteiger partial charge >= 0.3 is 0 Å². The normalized spacial score (nSPS) is 12.4. The summed E-state index contributed by atoms with van der Waals surface area (Å²) < 4.78 is 23.3. The molecule has 0 fully saturated rings. The third kappa shape index (κ3) is 2.82. The Morgan fingerprint density at radius 3 is 2.94 bits per heavy atom. The lowest BCUT2D eigenvalue weighted by atomic mass is 10.1. The molecule has 5 heteroatoms. The molecule has 0 spiro atoms. The third-order valence-electron chi connectivity index (χ3n) is 2.28. The Balaban J connectivity index is 2.14. The van der Waals surface area contributed by atoms with E-state index in [1.54, 1.807) is 13.0 Å². The second-order valence-electron chi connectivity index (χ2n) is 3.63. The molecule has 0 aliphatic carbocycles. The van der Waals surface area contributed by atoms with Gasteiger partial charge < -0.3 is 14.4 Å². The summed E-state index contributed by atoms with van der Waals surface area (Å²) >= 11 is 0. The zero-order valence-electron chi connectivity index (χ0n) is 9.26. The summed E-state index contributed by atoms with van der Waals surface area (Å²) in [6.07, 6.45) is 0.717. The number of rotatable bonds is 4. The lowest BCUT2D eigenvalue weighted by Crippen LogP contribution is -2.01. The summed E-state index contributed by atoms with van der Waals surface area (Å²) in [4.78, 5) is 0. The van der Waals surface area contributed by atoms with Gasteiger partial charge in [0.25, 0.3) is 0 Å². The standard InChI is InChI=1S/C12H12FNO3/c1-8(15)11-6-9(13)2-3-12(11)16-7-10-4-5-14-17-10/h2-6,8,15H,7H2,1H3/t8-/m0/s1. The van der Waals surface area contributed by atoms with E-state index in [0.29, 0.717) is 17.1 Å². The number of hydrogen-bond donors (Lipinski definition) is 1. The maximum Gasteiger partial charge on any atom is 0.174 e. The van der Waals surface area contributed by atoms with Crippen molar-refractivity contribution in [3.63, 3.8) is 0 Å². The van der Waals surface area contributed by atoms with Crippen molar-refractivity contribution in [1.29, 1.82) is 0 Å². The number of halogens is 1. The number of nitrogens with zero attached hydrogens (tertiary/aromatic N) is 1. The van der Waals surface area contributed by atoms with Gasteiger partial charge in [-0.3, -0.25) is 0 Å². The summed E-state index contributed by atoms with van der Waals surface area (Å²) in [5.41, 5.74) is 0.407. The fraction of sp³-hybridized carbons (Fsp3) is 0.250. The molecule has 0 radical (unpaired) electrons. The highest BCUT2D eigenvalue weighted by molar-refractivity contribution is 5.35. The largest absolute Gasteiger partial charge is 0.485 e. The van der Waals surface area contributed by atoms with E-state index in [9.17, 15) is 9.50 Å². The van der Waals surface area contributed by atoms with E-state index in [0.717, 1.165) is 0 Å². The number of ether oxygens (including phenoxy) is 1. The first-order chi connectivity index (χ1) is 8.16. The molecule has 0 amide bonds. The lowest BCUT2D eigenvalue weighted by molar-refractivity contribution is 0.185. The molecule has 90 valence electrons. The fourth-order valence-corrected chi connectivity index (χ4v) is 1.44. The van der Waals surface area contributed by atoms with Crippen molar-refractivity contribution in [3.8, 4) is 5.75 Å². The van der Waals surface area contributed by atoms with Crippen LogP contribution < -0.4 is 4.74 Å². The third-order valence-corrected chi connectivity index (χ3v) is 2.28. The van der Waals surface area contributed by atoms with Gasteiger partial charge in [-0.2, -0.15) is 0 Å². The number of aliphatic hydroxyl groups excluding tert-OH is 1. The molecule has 0 unspecified atom stereocenters. The van der Waals surface area contributed by atoms with E-state index >= 15 is 0 Å². The maximum absolute atomic E-state index is 13.0. The van der Waals surface area contributed by atoms with Crippen LogP contribution in [0.1, 0.15) is 24.4 Å². The van der Waals surface area contributed by atoms with Gasteiger partial charge in [-0.05, 0) is 25.1 Å². The van der Waals surface area contributed by atoms with Crippen LogP contribution in [0.3, 0.4) is 0 Å². The van der Waals surface area contributed by atoms with Crippen LogP contribution >= 0.6 is 0 Å². The highest BCUT2D eigenvalue weighted by Crippen LogP contribution is 2.26. The van der Waals surface area contributed by atoms with Gasteiger partial charge in [0, 0.05) is 11.6 Å². The number of aromatic nitrogens is 1. The van der Waals surface area contributed by atoms with Crippen LogP contribution in [-0.4, -0.2) is 10.3 Å². The van der Waals surface area contributed by atoms with E-state index in [-0.39, 0.29) is 6.61 Å². The highest BCUT2D eigenvalue weighted by Gasteiger charge is 2.11. The Bertz CT molecular complexity index is 483. The van der Waals surface area contributed by atoms with Crippen LogP contribution in [0.25, 0.3) is 0 Å². The van der Waals surface area contributed by atoms with Crippen LogP contribution in [0, 0.1) is 5.82 Å². The quantitative estimate of drug-likeness (QED) is 0.887. The van der Waals surface area contributed by atoms with Crippen LogP contribution in [0.5, 0.6) is 5.75 Å². The van der Waals surface area contributed by atoms with E-state index in [1.807, 2.05) is 0 Å². The lowest BCUT2D eigenvalue weighted by Gasteiger charge is -2.12. The molecular weight excluding hydrogens is 225 g/mol. The van der Waals surface area contributed by atoms with Gasteiger partial charge in [0.15, 0.2) is 5.76 Å². The van der Waals surface area contributed by atoms with Crippen molar-refractivity contribution in [1.82, 2.24) is 5.16 Å². The van der Waals surface area contributed by atoms with Gasteiger partial charge in [0.1, 0.15) is 18.2 Å². The average molecular weight is 237 g/mol. The van der Waals surface area contributed by atoms with Gasteiger partial charge in [-0.1, -0.05) is 5.16 Å². The first kappa shape index (κ1) is 11.6. The van der Waals surface area contributed by atoms with E-state index in [2.05, 4.69) is 5.16 Å². The van der Waals surface area contributed by atoms with E-state index in [4.69, 9.17) is 9.26 Å². The van der Waals surface area contributed by atoms with Crippen molar-refractivity contribution < 1.29 is 18.8 Å². The molecule has 0 saturated heterocycles. The van der Waals surface area contributed by atoms with E-state index in [1.165, 1.54) is 24.4 Å². The maximum atomic E-state index is 13.0. The molecule has 1 heterocycles. The first-order valence-corrected chi connectivity index (χ1v) is 5.16. The van der Waals surface area contributed by atoms with Crippen LogP contribution in [0.2, 0.25) is 0 Å². The predicted molar refractivity (Wildman–Crippen MR) is 57.9 cm³/mol. The zero-order chi connectivity index (χ0) is 12.3. The van der Waals surface area contributed by atoms with Gasteiger partial charge in [-0.25, -0.2) is 4.39 Å². The molecule has 0 saturated carbocycles. The molecule has 17 heavy (non-hydrogen) atoms. The zero-order valence-corrected chi connectivity index (χ0v) is 9.26. The molecule has 0 aliphatic heterocycles. The molecule has 1 atom stereocenters. The monoisotopic (exact) mass is 237 g/mol. The Hall–Kier alpha value is -1.88. The second-order valence-corrected chi connectivity index (χ2v) is 3.63. The topological polar surface area (TPSA) is 55.5 Å². The Labute approximate surface area is 97.6 Å². The smallest absolute Gasteiger partial charge is 0.174 e. The summed E-state index contributed by atoms with van der Waals surface area (Å²) in [5, 5.41) is 13.0. The molecule has 2 aromatic rings. The second kappa shape index (κ2) is 4.97. The van der Waals surface area contributed by atoms with Crippen molar-refractivity contribution in [3.05, 3.63) is 47.6 Å². The van der Waals surface area contributed by atoms with Crippen molar-refractivity contribution in [2.24, 2.45) is 0 Å². The fourth-order valence-electron chi connectivity index (χ4n) is 1.44. The average Bonchev–Trinajstić information content (AvgIpc) is 2.80. The number of benzene rings is 1. The summed E-state index contributed by atoms with van der Waals surface area (Å²) in [5.74, 6) is 0.580. The van der Waals surface area contributed by atoms with Gasteiger partial charge in [-0.15, -0.1) is 0 Å². The van der Waals surface area contributed by atoms with Crippen LogP contribution in [-0.2, 0) is 6.61 Å².